The Hall–Kier alpha value is -2.34. The SMILES string of the molecule is O=C(NCC1CCN(c2ccccc2)C1)C1(n2cccn2)CCNCC1. The second-order valence-electron chi connectivity index (χ2n) is 7.38. The van der Waals surface area contributed by atoms with Gasteiger partial charge in [-0.25, -0.2) is 0 Å². The molecule has 0 aliphatic carbocycles. The molecule has 2 aliphatic heterocycles. The highest BCUT2D eigenvalue weighted by atomic mass is 16.2. The summed E-state index contributed by atoms with van der Waals surface area (Å²) in [4.78, 5) is 15.5. The third-order valence-electron chi connectivity index (χ3n) is 5.75. The van der Waals surface area contributed by atoms with Gasteiger partial charge in [-0.2, -0.15) is 5.10 Å². The van der Waals surface area contributed by atoms with Gasteiger partial charge in [0.2, 0.25) is 5.91 Å². The molecule has 2 aliphatic rings. The van der Waals surface area contributed by atoms with Crippen LogP contribution in [-0.4, -0.2) is 48.4 Å². The number of rotatable bonds is 5. The van der Waals surface area contributed by atoms with Crippen LogP contribution in [0.2, 0.25) is 0 Å². The van der Waals surface area contributed by atoms with Gasteiger partial charge in [0.15, 0.2) is 0 Å². The quantitative estimate of drug-likeness (QED) is 0.857. The summed E-state index contributed by atoms with van der Waals surface area (Å²) >= 11 is 0. The predicted molar refractivity (Wildman–Crippen MR) is 102 cm³/mol. The van der Waals surface area contributed by atoms with Gasteiger partial charge in [-0.1, -0.05) is 18.2 Å². The molecule has 138 valence electrons. The maximum absolute atomic E-state index is 13.1. The van der Waals surface area contributed by atoms with Crippen LogP contribution >= 0.6 is 0 Å². The van der Waals surface area contributed by atoms with Crippen molar-refractivity contribution in [2.24, 2.45) is 5.92 Å². The second-order valence-corrected chi connectivity index (χ2v) is 7.38. The van der Waals surface area contributed by atoms with Crippen molar-refractivity contribution in [2.45, 2.75) is 24.8 Å². The third kappa shape index (κ3) is 3.33. The molecule has 1 atom stereocenters. The van der Waals surface area contributed by atoms with E-state index in [4.69, 9.17) is 0 Å². The molecule has 6 nitrogen and oxygen atoms in total. The van der Waals surface area contributed by atoms with Crippen LogP contribution in [-0.2, 0) is 10.3 Å². The van der Waals surface area contributed by atoms with Crippen LogP contribution in [0.15, 0.2) is 48.8 Å². The van der Waals surface area contributed by atoms with E-state index < -0.39 is 5.54 Å². The third-order valence-corrected chi connectivity index (χ3v) is 5.75. The second kappa shape index (κ2) is 7.50. The van der Waals surface area contributed by atoms with Gasteiger partial charge in [0.05, 0.1) is 0 Å². The zero-order chi connectivity index (χ0) is 17.8. The number of anilines is 1. The van der Waals surface area contributed by atoms with Crippen LogP contribution in [0.1, 0.15) is 19.3 Å². The molecular weight excluding hydrogens is 326 g/mol. The normalized spacial score (nSPS) is 22.3. The van der Waals surface area contributed by atoms with Gasteiger partial charge >= 0.3 is 0 Å². The molecule has 2 aromatic rings. The number of nitrogens with one attached hydrogen (secondary N) is 2. The zero-order valence-corrected chi connectivity index (χ0v) is 15.1. The molecule has 2 fully saturated rings. The first kappa shape index (κ1) is 17.1. The van der Waals surface area contributed by atoms with Gasteiger partial charge in [-0.3, -0.25) is 9.48 Å². The average molecular weight is 353 g/mol. The van der Waals surface area contributed by atoms with Crippen molar-refractivity contribution < 1.29 is 4.79 Å². The lowest BCUT2D eigenvalue weighted by molar-refractivity contribution is -0.132. The smallest absolute Gasteiger partial charge is 0.248 e. The minimum absolute atomic E-state index is 0.112. The van der Waals surface area contributed by atoms with Gasteiger partial charge < -0.3 is 15.5 Å². The van der Waals surface area contributed by atoms with Crippen molar-refractivity contribution in [2.75, 3.05) is 37.6 Å². The van der Waals surface area contributed by atoms with E-state index in [1.807, 2.05) is 23.0 Å². The van der Waals surface area contributed by atoms with E-state index >= 15 is 0 Å². The summed E-state index contributed by atoms with van der Waals surface area (Å²) in [5, 5.41) is 11.0. The standard InChI is InChI=1S/C20H27N5O/c26-19(20(8-11-21-12-9-20)25-13-4-10-23-25)22-15-17-7-14-24(16-17)18-5-2-1-3-6-18/h1-6,10,13,17,21H,7-9,11-12,14-16H2,(H,22,26). The molecule has 6 heteroatoms. The van der Waals surface area contributed by atoms with Gasteiger partial charge in [-0.05, 0) is 56.5 Å². The number of benzene rings is 1. The summed E-state index contributed by atoms with van der Waals surface area (Å²) < 4.78 is 1.86. The summed E-state index contributed by atoms with van der Waals surface area (Å²) in [6, 6.07) is 12.4. The molecular formula is C20H27N5O. The highest BCUT2D eigenvalue weighted by Gasteiger charge is 2.42. The number of carbonyl (C=O) groups excluding carboxylic acids is 1. The summed E-state index contributed by atoms with van der Waals surface area (Å²) in [6.45, 7) is 4.48. The average Bonchev–Trinajstić information content (AvgIpc) is 3.39. The van der Waals surface area contributed by atoms with E-state index in [0.717, 1.165) is 52.0 Å². The van der Waals surface area contributed by atoms with E-state index in [-0.39, 0.29) is 5.91 Å². The maximum atomic E-state index is 13.1. The van der Waals surface area contributed by atoms with E-state index in [9.17, 15) is 4.79 Å². The highest BCUT2D eigenvalue weighted by Crippen LogP contribution is 2.28. The van der Waals surface area contributed by atoms with E-state index in [0.29, 0.717) is 5.92 Å². The Morgan fingerprint density at radius 1 is 1.23 bits per heavy atom. The van der Waals surface area contributed by atoms with Crippen LogP contribution in [0.3, 0.4) is 0 Å². The first-order valence-corrected chi connectivity index (χ1v) is 9.57. The lowest BCUT2D eigenvalue weighted by Gasteiger charge is -2.36. The summed E-state index contributed by atoms with van der Waals surface area (Å²) in [7, 11) is 0. The Balaban J connectivity index is 1.37. The molecule has 2 N–H and O–H groups in total. The van der Waals surface area contributed by atoms with Crippen LogP contribution in [0.4, 0.5) is 5.69 Å². The number of piperidine rings is 1. The van der Waals surface area contributed by atoms with Gasteiger partial charge in [-0.15, -0.1) is 0 Å². The van der Waals surface area contributed by atoms with E-state index in [2.05, 4.69) is 44.9 Å². The largest absolute Gasteiger partial charge is 0.371 e. The van der Waals surface area contributed by atoms with Crippen LogP contribution in [0.5, 0.6) is 0 Å². The van der Waals surface area contributed by atoms with Crippen molar-refractivity contribution in [1.29, 1.82) is 0 Å². The lowest BCUT2D eigenvalue weighted by Crippen LogP contribution is -2.55. The van der Waals surface area contributed by atoms with Crippen LogP contribution in [0.25, 0.3) is 0 Å². The Kier molecular flexibility index (Phi) is 4.93. The molecule has 0 radical (unpaired) electrons. The number of para-hydroxylation sites is 1. The predicted octanol–water partition coefficient (Wildman–Crippen LogP) is 1.60. The Morgan fingerprint density at radius 2 is 2.04 bits per heavy atom. The van der Waals surface area contributed by atoms with Gasteiger partial charge in [0, 0.05) is 37.7 Å². The van der Waals surface area contributed by atoms with Crippen molar-refractivity contribution >= 4 is 11.6 Å². The summed E-state index contributed by atoms with van der Waals surface area (Å²) in [6.07, 6.45) is 6.34. The topological polar surface area (TPSA) is 62.2 Å². The number of hydrogen-bond acceptors (Lipinski definition) is 4. The van der Waals surface area contributed by atoms with Crippen molar-refractivity contribution in [3.63, 3.8) is 0 Å². The monoisotopic (exact) mass is 353 g/mol. The Labute approximate surface area is 154 Å². The van der Waals surface area contributed by atoms with E-state index in [1.54, 1.807) is 6.20 Å². The molecule has 1 unspecified atom stereocenters. The molecule has 4 rings (SSSR count). The number of hydrogen-bond donors (Lipinski definition) is 2. The van der Waals surface area contributed by atoms with Crippen molar-refractivity contribution in [3.05, 3.63) is 48.8 Å². The van der Waals surface area contributed by atoms with Crippen molar-refractivity contribution in [1.82, 2.24) is 20.4 Å². The zero-order valence-electron chi connectivity index (χ0n) is 15.1. The fourth-order valence-corrected chi connectivity index (χ4v) is 4.20. The van der Waals surface area contributed by atoms with Crippen LogP contribution < -0.4 is 15.5 Å². The minimum Gasteiger partial charge on any atom is -0.371 e. The fourth-order valence-electron chi connectivity index (χ4n) is 4.20. The lowest BCUT2D eigenvalue weighted by atomic mass is 9.87. The molecule has 26 heavy (non-hydrogen) atoms. The summed E-state index contributed by atoms with van der Waals surface area (Å²) in [5.74, 6) is 0.608. The number of aromatic nitrogens is 2. The first-order valence-electron chi connectivity index (χ1n) is 9.57. The molecule has 1 aromatic heterocycles. The summed E-state index contributed by atoms with van der Waals surface area (Å²) in [5.41, 5.74) is 0.722. The Bertz CT molecular complexity index is 709. The minimum atomic E-state index is -0.549. The molecule has 0 bridgehead atoms. The molecule has 2 saturated heterocycles. The van der Waals surface area contributed by atoms with E-state index in [1.165, 1.54) is 5.69 Å². The first-order chi connectivity index (χ1) is 12.8. The Morgan fingerprint density at radius 3 is 2.77 bits per heavy atom. The van der Waals surface area contributed by atoms with Gasteiger partial charge in [0.1, 0.15) is 5.54 Å². The maximum Gasteiger partial charge on any atom is 0.248 e. The molecule has 1 amide bonds. The number of carbonyl (C=O) groups is 1. The molecule has 1 aromatic carbocycles. The number of amides is 1. The molecule has 0 saturated carbocycles. The highest BCUT2D eigenvalue weighted by molar-refractivity contribution is 5.84. The number of nitrogens with zero attached hydrogens (tertiary/aromatic N) is 3. The van der Waals surface area contributed by atoms with Crippen LogP contribution in [0, 0.1) is 5.92 Å². The molecule has 0 spiro atoms. The van der Waals surface area contributed by atoms with Crippen molar-refractivity contribution in [3.8, 4) is 0 Å². The molecule has 3 heterocycles. The fraction of sp³-hybridized carbons (Fsp3) is 0.500. The van der Waals surface area contributed by atoms with Gasteiger partial charge in [0.25, 0.3) is 0 Å².